The summed E-state index contributed by atoms with van der Waals surface area (Å²) >= 11 is 0. The fraction of sp³-hybridized carbons (Fsp3) is 0.400. The van der Waals surface area contributed by atoms with Gasteiger partial charge in [0.25, 0.3) is 0 Å². The predicted molar refractivity (Wildman–Crippen MR) is 48.3 cm³/mol. The third-order valence-corrected chi connectivity index (χ3v) is 2.22. The van der Waals surface area contributed by atoms with Gasteiger partial charge in [0.2, 0.25) is 0 Å². The van der Waals surface area contributed by atoms with E-state index in [0.29, 0.717) is 6.54 Å². The number of para-hydroxylation sites is 1. The minimum absolute atomic E-state index is 0.124. The van der Waals surface area contributed by atoms with Gasteiger partial charge in [0.15, 0.2) is 17.4 Å². The molecular formula is C10H11F2NO. The maximum absolute atomic E-state index is 13.1. The first-order valence-corrected chi connectivity index (χ1v) is 4.59. The lowest BCUT2D eigenvalue weighted by atomic mass is 10.3. The number of hydrogen-bond donors (Lipinski definition) is 1. The van der Waals surface area contributed by atoms with Crippen molar-refractivity contribution in [1.29, 1.82) is 0 Å². The lowest BCUT2D eigenvalue weighted by Crippen LogP contribution is -2.20. The summed E-state index contributed by atoms with van der Waals surface area (Å²) in [5, 5.41) is 3.06. The van der Waals surface area contributed by atoms with E-state index in [-0.39, 0.29) is 11.9 Å². The van der Waals surface area contributed by atoms with E-state index in [0.717, 1.165) is 13.0 Å². The summed E-state index contributed by atoms with van der Waals surface area (Å²) < 4.78 is 31.5. The van der Waals surface area contributed by atoms with Crippen LogP contribution < -0.4 is 10.1 Å². The number of halogens is 2. The van der Waals surface area contributed by atoms with E-state index in [1.807, 2.05) is 0 Å². The van der Waals surface area contributed by atoms with E-state index in [1.54, 1.807) is 0 Å². The largest absolute Gasteiger partial charge is 0.483 e. The average Bonchev–Trinajstić information content (AvgIpc) is 2.64. The fourth-order valence-electron chi connectivity index (χ4n) is 1.49. The lowest BCUT2D eigenvalue weighted by Gasteiger charge is -2.13. The molecule has 0 spiro atoms. The molecule has 1 saturated heterocycles. The van der Waals surface area contributed by atoms with E-state index in [1.165, 1.54) is 18.2 Å². The summed E-state index contributed by atoms with van der Waals surface area (Å²) in [6, 6.07) is 3.71. The lowest BCUT2D eigenvalue weighted by molar-refractivity contribution is 0.202. The molecule has 14 heavy (non-hydrogen) atoms. The first-order chi connectivity index (χ1) is 6.77. The number of hydrogen-bond acceptors (Lipinski definition) is 2. The number of benzene rings is 1. The Labute approximate surface area is 80.9 Å². The number of rotatable bonds is 2. The smallest absolute Gasteiger partial charge is 0.191 e. The van der Waals surface area contributed by atoms with Crippen molar-refractivity contribution in [2.45, 2.75) is 12.5 Å². The van der Waals surface area contributed by atoms with Gasteiger partial charge in [-0.2, -0.15) is 0 Å². The van der Waals surface area contributed by atoms with Crippen molar-refractivity contribution in [3.63, 3.8) is 0 Å². The van der Waals surface area contributed by atoms with Crippen molar-refractivity contribution in [3.8, 4) is 5.75 Å². The number of ether oxygens (including phenoxy) is 1. The number of nitrogens with one attached hydrogen (secondary N) is 1. The van der Waals surface area contributed by atoms with E-state index in [4.69, 9.17) is 4.74 Å². The maximum Gasteiger partial charge on any atom is 0.191 e. The third kappa shape index (κ3) is 1.85. The SMILES string of the molecule is Fc1cccc(F)c1O[C@@H]1CCNC1. The van der Waals surface area contributed by atoms with Gasteiger partial charge >= 0.3 is 0 Å². The highest BCUT2D eigenvalue weighted by molar-refractivity contribution is 5.26. The molecule has 1 atom stereocenters. The van der Waals surface area contributed by atoms with Crippen molar-refractivity contribution < 1.29 is 13.5 Å². The first kappa shape index (κ1) is 9.40. The van der Waals surface area contributed by atoms with Crippen molar-refractivity contribution in [2.24, 2.45) is 0 Å². The van der Waals surface area contributed by atoms with Gasteiger partial charge in [-0.25, -0.2) is 8.78 Å². The molecule has 0 radical (unpaired) electrons. The van der Waals surface area contributed by atoms with Crippen LogP contribution in [-0.2, 0) is 0 Å². The van der Waals surface area contributed by atoms with E-state index in [9.17, 15) is 8.78 Å². The quantitative estimate of drug-likeness (QED) is 0.782. The molecule has 2 rings (SSSR count). The zero-order chi connectivity index (χ0) is 9.97. The average molecular weight is 199 g/mol. The van der Waals surface area contributed by atoms with Crippen molar-refractivity contribution >= 4 is 0 Å². The Kier molecular flexibility index (Phi) is 2.63. The topological polar surface area (TPSA) is 21.3 Å². The molecule has 1 fully saturated rings. The van der Waals surface area contributed by atoms with E-state index < -0.39 is 11.6 Å². The van der Waals surface area contributed by atoms with Crippen molar-refractivity contribution in [2.75, 3.05) is 13.1 Å². The van der Waals surface area contributed by atoms with Gasteiger partial charge < -0.3 is 10.1 Å². The van der Waals surface area contributed by atoms with Crippen LogP contribution in [0.3, 0.4) is 0 Å². The minimum atomic E-state index is -0.642. The first-order valence-electron chi connectivity index (χ1n) is 4.59. The molecule has 0 aromatic heterocycles. The molecular weight excluding hydrogens is 188 g/mol. The molecule has 1 aromatic rings. The summed E-state index contributed by atoms with van der Waals surface area (Å²) in [7, 11) is 0. The maximum atomic E-state index is 13.1. The molecule has 0 saturated carbocycles. The molecule has 1 N–H and O–H groups in total. The highest BCUT2D eigenvalue weighted by atomic mass is 19.1. The van der Waals surface area contributed by atoms with Crippen LogP contribution in [0.2, 0.25) is 0 Å². The molecule has 1 aliphatic heterocycles. The standard InChI is InChI=1S/C10H11F2NO/c11-8-2-1-3-9(12)10(8)14-7-4-5-13-6-7/h1-3,7,13H,4-6H2/t7-/m1/s1. The van der Waals surface area contributed by atoms with Crippen LogP contribution in [0.25, 0.3) is 0 Å². The summed E-state index contributed by atoms with van der Waals surface area (Å²) in [5.74, 6) is -1.55. The fourth-order valence-corrected chi connectivity index (χ4v) is 1.49. The second kappa shape index (κ2) is 3.92. The Morgan fingerprint density at radius 1 is 1.29 bits per heavy atom. The van der Waals surface area contributed by atoms with Gasteiger partial charge in [-0.15, -0.1) is 0 Å². The van der Waals surface area contributed by atoms with Crippen molar-refractivity contribution in [1.82, 2.24) is 5.32 Å². The minimum Gasteiger partial charge on any atom is -0.483 e. The van der Waals surface area contributed by atoms with Crippen LogP contribution in [0.1, 0.15) is 6.42 Å². The normalized spacial score (nSPS) is 21.1. The Bertz CT molecular complexity index is 304. The molecule has 1 aliphatic rings. The zero-order valence-corrected chi connectivity index (χ0v) is 7.59. The van der Waals surface area contributed by atoms with Crippen LogP contribution >= 0.6 is 0 Å². The van der Waals surface area contributed by atoms with Crippen LogP contribution in [0.4, 0.5) is 8.78 Å². The van der Waals surface area contributed by atoms with Gasteiger partial charge in [0.05, 0.1) is 0 Å². The van der Waals surface area contributed by atoms with Crippen LogP contribution in [0.5, 0.6) is 5.75 Å². The second-order valence-corrected chi connectivity index (χ2v) is 3.28. The highest BCUT2D eigenvalue weighted by Gasteiger charge is 2.19. The van der Waals surface area contributed by atoms with E-state index in [2.05, 4.69) is 5.32 Å². The molecule has 0 amide bonds. The Hall–Kier alpha value is -1.16. The Morgan fingerprint density at radius 2 is 2.00 bits per heavy atom. The van der Waals surface area contributed by atoms with E-state index >= 15 is 0 Å². The van der Waals surface area contributed by atoms with Gasteiger partial charge in [-0.3, -0.25) is 0 Å². The molecule has 0 aliphatic carbocycles. The monoisotopic (exact) mass is 199 g/mol. The predicted octanol–water partition coefficient (Wildman–Crippen LogP) is 1.71. The molecule has 1 aromatic carbocycles. The highest BCUT2D eigenvalue weighted by Crippen LogP contribution is 2.23. The zero-order valence-electron chi connectivity index (χ0n) is 7.59. The van der Waals surface area contributed by atoms with Crippen LogP contribution in [0, 0.1) is 11.6 Å². The molecule has 1 heterocycles. The molecule has 4 heteroatoms. The van der Waals surface area contributed by atoms with Gasteiger partial charge in [-0.1, -0.05) is 6.07 Å². The van der Waals surface area contributed by atoms with Gasteiger partial charge in [-0.05, 0) is 25.1 Å². The summed E-state index contributed by atoms with van der Waals surface area (Å²) in [6.45, 7) is 1.48. The second-order valence-electron chi connectivity index (χ2n) is 3.28. The summed E-state index contributed by atoms with van der Waals surface area (Å²) in [5.41, 5.74) is 0. The van der Waals surface area contributed by atoms with Crippen LogP contribution in [-0.4, -0.2) is 19.2 Å². The summed E-state index contributed by atoms with van der Waals surface area (Å²) in [4.78, 5) is 0. The van der Waals surface area contributed by atoms with Gasteiger partial charge in [0, 0.05) is 6.54 Å². The van der Waals surface area contributed by atoms with Crippen molar-refractivity contribution in [3.05, 3.63) is 29.8 Å². The molecule has 2 nitrogen and oxygen atoms in total. The summed E-state index contributed by atoms with van der Waals surface area (Å²) in [6.07, 6.45) is 0.662. The molecule has 0 bridgehead atoms. The molecule has 0 unspecified atom stereocenters. The van der Waals surface area contributed by atoms with Crippen LogP contribution in [0.15, 0.2) is 18.2 Å². The van der Waals surface area contributed by atoms with Gasteiger partial charge in [0.1, 0.15) is 6.10 Å². The Morgan fingerprint density at radius 3 is 2.57 bits per heavy atom. The third-order valence-electron chi connectivity index (χ3n) is 2.22. The molecule has 76 valence electrons. The Balaban J connectivity index is 2.14.